The summed E-state index contributed by atoms with van der Waals surface area (Å²) in [4.78, 5) is 27.3. The Balaban J connectivity index is 2.19. The zero-order valence-corrected chi connectivity index (χ0v) is 12.1. The minimum absolute atomic E-state index is 0.115. The number of hydrogen-bond donors (Lipinski definition) is 2. The van der Waals surface area contributed by atoms with E-state index in [0.717, 1.165) is 4.52 Å². The SMILES string of the molecule is COc1cc(-c2cc(=O)n3[nH]c(C(=O)O)cc3n2)ccc1Cl. The maximum atomic E-state index is 12.1. The maximum absolute atomic E-state index is 12.1. The largest absolute Gasteiger partial charge is 0.495 e. The van der Waals surface area contributed by atoms with Crippen molar-refractivity contribution in [3.63, 3.8) is 0 Å². The molecule has 0 aliphatic carbocycles. The van der Waals surface area contributed by atoms with Gasteiger partial charge in [0.05, 0.1) is 17.8 Å². The molecule has 8 heteroatoms. The number of benzene rings is 1. The highest BCUT2D eigenvalue weighted by Crippen LogP contribution is 2.29. The van der Waals surface area contributed by atoms with Crippen molar-refractivity contribution < 1.29 is 14.6 Å². The van der Waals surface area contributed by atoms with Crippen molar-refractivity contribution >= 4 is 23.2 Å². The third-order valence-corrected chi connectivity index (χ3v) is 3.44. The fourth-order valence-electron chi connectivity index (χ4n) is 2.07. The van der Waals surface area contributed by atoms with Crippen LogP contribution in [-0.2, 0) is 0 Å². The van der Waals surface area contributed by atoms with Crippen LogP contribution in [0.2, 0.25) is 5.02 Å². The molecular formula is C14H10ClN3O4. The number of H-pyrrole nitrogens is 1. The van der Waals surface area contributed by atoms with E-state index in [0.29, 0.717) is 22.0 Å². The van der Waals surface area contributed by atoms with Crippen molar-refractivity contribution in [1.82, 2.24) is 14.6 Å². The van der Waals surface area contributed by atoms with Crippen LogP contribution in [0.1, 0.15) is 10.5 Å². The first-order valence-electron chi connectivity index (χ1n) is 6.19. The number of ether oxygens (including phenoxy) is 1. The van der Waals surface area contributed by atoms with E-state index in [1.165, 1.54) is 19.2 Å². The van der Waals surface area contributed by atoms with Gasteiger partial charge in [0.1, 0.15) is 11.4 Å². The van der Waals surface area contributed by atoms with Crippen molar-refractivity contribution in [3.8, 4) is 17.0 Å². The molecule has 2 heterocycles. The molecule has 7 nitrogen and oxygen atoms in total. The van der Waals surface area contributed by atoms with Crippen LogP contribution in [0.15, 0.2) is 35.1 Å². The van der Waals surface area contributed by atoms with Gasteiger partial charge in [-0.15, -0.1) is 0 Å². The summed E-state index contributed by atoms with van der Waals surface area (Å²) in [6.45, 7) is 0. The molecule has 0 amide bonds. The van der Waals surface area contributed by atoms with Crippen molar-refractivity contribution in [2.45, 2.75) is 0 Å². The van der Waals surface area contributed by atoms with Gasteiger partial charge < -0.3 is 9.84 Å². The highest BCUT2D eigenvalue weighted by atomic mass is 35.5. The minimum Gasteiger partial charge on any atom is -0.495 e. The summed E-state index contributed by atoms with van der Waals surface area (Å²) in [5, 5.41) is 11.9. The molecule has 2 N–H and O–H groups in total. The molecule has 0 saturated heterocycles. The highest BCUT2D eigenvalue weighted by molar-refractivity contribution is 6.32. The number of aromatic nitrogens is 3. The molecule has 0 unspecified atom stereocenters. The van der Waals surface area contributed by atoms with E-state index >= 15 is 0 Å². The van der Waals surface area contributed by atoms with Gasteiger partial charge in [0.25, 0.3) is 5.56 Å². The molecule has 22 heavy (non-hydrogen) atoms. The summed E-state index contributed by atoms with van der Waals surface area (Å²) in [6.07, 6.45) is 0. The number of halogens is 1. The topological polar surface area (TPSA) is 96.7 Å². The Morgan fingerprint density at radius 2 is 2.14 bits per heavy atom. The quantitative estimate of drug-likeness (QED) is 0.770. The van der Waals surface area contributed by atoms with Crippen LogP contribution < -0.4 is 10.3 Å². The normalized spacial score (nSPS) is 10.8. The molecule has 0 spiro atoms. The summed E-state index contributed by atoms with van der Waals surface area (Å²) in [5.41, 5.74) is 0.723. The van der Waals surface area contributed by atoms with Crippen LogP contribution in [0.4, 0.5) is 0 Å². The first-order valence-corrected chi connectivity index (χ1v) is 6.57. The third-order valence-electron chi connectivity index (χ3n) is 3.13. The van der Waals surface area contributed by atoms with Crippen molar-refractivity contribution in [2.75, 3.05) is 7.11 Å². The zero-order chi connectivity index (χ0) is 15.9. The van der Waals surface area contributed by atoms with Crippen LogP contribution in [0.3, 0.4) is 0 Å². The lowest BCUT2D eigenvalue weighted by Crippen LogP contribution is -2.14. The number of methoxy groups -OCH3 is 1. The van der Waals surface area contributed by atoms with E-state index in [-0.39, 0.29) is 11.3 Å². The molecule has 112 valence electrons. The molecule has 0 fully saturated rings. The molecular weight excluding hydrogens is 310 g/mol. The van der Waals surface area contributed by atoms with E-state index < -0.39 is 11.5 Å². The first-order chi connectivity index (χ1) is 10.5. The predicted molar refractivity (Wildman–Crippen MR) is 79.8 cm³/mol. The second kappa shape index (κ2) is 5.19. The van der Waals surface area contributed by atoms with Gasteiger partial charge in [-0.1, -0.05) is 17.7 Å². The van der Waals surface area contributed by atoms with Crippen molar-refractivity contribution in [3.05, 3.63) is 51.4 Å². The number of hydrogen-bond acceptors (Lipinski definition) is 4. The molecule has 0 atom stereocenters. The van der Waals surface area contributed by atoms with Gasteiger partial charge in [0.2, 0.25) is 0 Å². The van der Waals surface area contributed by atoms with Gasteiger partial charge in [0.15, 0.2) is 5.65 Å². The molecule has 0 bridgehead atoms. The molecule has 1 aromatic carbocycles. The van der Waals surface area contributed by atoms with Crippen LogP contribution >= 0.6 is 11.6 Å². The monoisotopic (exact) mass is 319 g/mol. The number of carboxylic acids is 1. The number of fused-ring (bicyclic) bond motifs is 1. The van der Waals surface area contributed by atoms with Crippen LogP contribution in [0.5, 0.6) is 5.75 Å². The van der Waals surface area contributed by atoms with Crippen molar-refractivity contribution in [1.29, 1.82) is 0 Å². The van der Waals surface area contributed by atoms with E-state index in [2.05, 4.69) is 10.1 Å². The van der Waals surface area contributed by atoms with Gasteiger partial charge >= 0.3 is 5.97 Å². The number of aromatic carboxylic acids is 1. The average molecular weight is 320 g/mol. The number of nitrogens with one attached hydrogen (secondary N) is 1. The second-order valence-corrected chi connectivity index (χ2v) is 4.90. The van der Waals surface area contributed by atoms with E-state index in [1.807, 2.05) is 0 Å². The standard InChI is InChI=1S/C14H10ClN3O4/c1-22-11-4-7(2-3-8(11)15)9-6-13(19)18-12(16-9)5-10(17-18)14(20)21/h2-6,17H,1H3,(H,20,21). The Labute approximate surface area is 128 Å². The summed E-state index contributed by atoms with van der Waals surface area (Å²) in [7, 11) is 1.49. The van der Waals surface area contributed by atoms with Gasteiger partial charge in [0, 0.05) is 17.7 Å². The number of carbonyl (C=O) groups is 1. The van der Waals surface area contributed by atoms with Gasteiger partial charge in [-0.25, -0.2) is 14.3 Å². The van der Waals surface area contributed by atoms with Crippen molar-refractivity contribution in [2.24, 2.45) is 0 Å². The molecule has 0 aliphatic rings. The maximum Gasteiger partial charge on any atom is 0.353 e. The van der Waals surface area contributed by atoms with Crippen LogP contribution in [0.25, 0.3) is 16.9 Å². The Bertz CT molecular complexity index is 945. The number of aromatic amines is 1. The Hall–Kier alpha value is -2.80. The van der Waals surface area contributed by atoms with E-state index in [4.69, 9.17) is 21.4 Å². The molecule has 3 rings (SSSR count). The van der Waals surface area contributed by atoms with E-state index in [1.54, 1.807) is 18.2 Å². The fourth-order valence-corrected chi connectivity index (χ4v) is 2.26. The predicted octanol–water partition coefficient (Wildman–Crippen LogP) is 2.05. The zero-order valence-electron chi connectivity index (χ0n) is 11.3. The lowest BCUT2D eigenvalue weighted by Gasteiger charge is -2.06. The summed E-state index contributed by atoms with van der Waals surface area (Å²) in [5.74, 6) is -0.707. The van der Waals surface area contributed by atoms with Crippen LogP contribution in [-0.4, -0.2) is 32.8 Å². The average Bonchev–Trinajstić information content (AvgIpc) is 2.92. The summed E-state index contributed by atoms with van der Waals surface area (Å²) < 4.78 is 6.20. The highest BCUT2D eigenvalue weighted by Gasteiger charge is 2.12. The molecule has 0 radical (unpaired) electrons. The first kappa shape index (κ1) is 14.2. The van der Waals surface area contributed by atoms with Crippen LogP contribution in [0, 0.1) is 0 Å². The third kappa shape index (κ3) is 2.31. The fraction of sp³-hybridized carbons (Fsp3) is 0.0714. The van der Waals surface area contributed by atoms with Gasteiger partial charge in [-0.05, 0) is 12.1 Å². The van der Waals surface area contributed by atoms with E-state index in [9.17, 15) is 9.59 Å². The number of rotatable bonds is 3. The van der Waals surface area contributed by atoms with Gasteiger partial charge in [-0.3, -0.25) is 9.89 Å². The second-order valence-electron chi connectivity index (χ2n) is 4.50. The molecule has 3 aromatic rings. The number of nitrogens with zero attached hydrogens (tertiary/aromatic N) is 2. The summed E-state index contributed by atoms with van der Waals surface area (Å²) in [6, 6.07) is 7.59. The Kier molecular flexibility index (Phi) is 3.34. The summed E-state index contributed by atoms with van der Waals surface area (Å²) >= 11 is 5.97. The Morgan fingerprint density at radius 1 is 1.36 bits per heavy atom. The van der Waals surface area contributed by atoms with Gasteiger partial charge in [-0.2, -0.15) is 0 Å². The lowest BCUT2D eigenvalue weighted by atomic mass is 10.1. The molecule has 0 saturated carbocycles. The minimum atomic E-state index is -1.17. The molecule has 2 aromatic heterocycles. The smallest absolute Gasteiger partial charge is 0.353 e. The Morgan fingerprint density at radius 3 is 2.82 bits per heavy atom. The lowest BCUT2D eigenvalue weighted by molar-refractivity contribution is 0.0690. The number of carboxylic acid groups (broad SMARTS) is 1. The molecule has 0 aliphatic heterocycles.